The molecule has 3 N–H and O–H groups in total. The number of nitrogens with one attached hydrogen (secondary N) is 1. The summed E-state index contributed by atoms with van der Waals surface area (Å²) in [4.78, 5) is 11.9. The molecule has 0 radical (unpaired) electrons. The maximum atomic E-state index is 12.5. The van der Waals surface area contributed by atoms with Gasteiger partial charge in [0, 0.05) is 0 Å². The summed E-state index contributed by atoms with van der Waals surface area (Å²) in [6, 6.07) is 7.84. The first kappa shape index (κ1) is 19.7. The average Bonchev–Trinajstić information content (AvgIpc) is 2.53. The molecule has 140 valence electrons. The van der Waals surface area contributed by atoms with Crippen LogP contribution in [-0.4, -0.2) is 21.4 Å². The Morgan fingerprint density at radius 3 is 2.27 bits per heavy atom. The average molecular weight is 388 g/mol. The zero-order valence-electron chi connectivity index (χ0n) is 13.5. The Balaban J connectivity index is 2.17. The van der Waals surface area contributed by atoms with E-state index in [1.165, 1.54) is 31.4 Å². The van der Waals surface area contributed by atoms with Crippen molar-refractivity contribution in [3.05, 3.63) is 53.6 Å². The maximum absolute atomic E-state index is 12.5. The fraction of sp³-hybridized carbons (Fsp3) is 0.188. The number of amides is 1. The van der Waals surface area contributed by atoms with Crippen LogP contribution in [0.5, 0.6) is 5.75 Å². The summed E-state index contributed by atoms with van der Waals surface area (Å²) >= 11 is 0. The largest absolute Gasteiger partial charge is 0.495 e. The molecule has 0 aliphatic carbocycles. The number of nitrogens with two attached hydrogens (primary N) is 1. The number of benzene rings is 2. The number of carbonyl (C=O) groups excluding carboxylic acids is 1. The van der Waals surface area contributed by atoms with Crippen LogP contribution >= 0.6 is 0 Å². The van der Waals surface area contributed by atoms with Crippen molar-refractivity contribution in [1.82, 2.24) is 0 Å². The predicted octanol–water partition coefficient (Wildman–Crippen LogP) is 2.54. The first-order chi connectivity index (χ1) is 12.0. The van der Waals surface area contributed by atoms with Gasteiger partial charge in [-0.2, -0.15) is 13.2 Å². The SMILES string of the molecule is COc1ccc(S(N)(=O)=O)cc1NC(=O)Cc1ccc(C(F)(F)F)cc1. The normalized spacial score (nSPS) is 11.9. The van der Waals surface area contributed by atoms with Crippen LogP contribution in [0.4, 0.5) is 18.9 Å². The lowest BCUT2D eigenvalue weighted by molar-refractivity contribution is -0.137. The van der Waals surface area contributed by atoms with Gasteiger partial charge >= 0.3 is 6.18 Å². The van der Waals surface area contributed by atoms with Crippen molar-refractivity contribution < 1.29 is 31.1 Å². The molecule has 0 aliphatic heterocycles. The Labute approximate surface area is 147 Å². The first-order valence-corrected chi connectivity index (χ1v) is 8.72. The quantitative estimate of drug-likeness (QED) is 0.822. The number of anilines is 1. The lowest BCUT2D eigenvalue weighted by Gasteiger charge is -2.12. The Kier molecular flexibility index (Phi) is 5.57. The van der Waals surface area contributed by atoms with Gasteiger partial charge in [0.2, 0.25) is 15.9 Å². The van der Waals surface area contributed by atoms with Crippen molar-refractivity contribution in [3.8, 4) is 5.75 Å². The van der Waals surface area contributed by atoms with Crippen molar-refractivity contribution >= 4 is 21.6 Å². The van der Waals surface area contributed by atoms with Gasteiger partial charge in [-0.1, -0.05) is 12.1 Å². The number of alkyl halides is 3. The van der Waals surface area contributed by atoms with Gasteiger partial charge in [0.25, 0.3) is 0 Å². The van der Waals surface area contributed by atoms with E-state index in [0.717, 1.165) is 18.2 Å². The Bertz CT molecular complexity index is 910. The van der Waals surface area contributed by atoms with Crippen molar-refractivity contribution in [2.24, 2.45) is 5.14 Å². The van der Waals surface area contributed by atoms with Crippen LogP contribution in [-0.2, 0) is 27.4 Å². The number of hydrogen-bond acceptors (Lipinski definition) is 4. The summed E-state index contributed by atoms with van der Waals surface area (Å²) in [5, 5.41) is 7.51. The van der Waals surface area contributed by atoms with E-state index in [0.29, 0.717) is 5.56 Å². The van der Waals surface area contributed by atoms with E-state index in [9.17, 15) is 26.4 Å². The van der Waals surface area contributed by atoms with Crippen LogP contribution in [0.2, 0.25) is 0 Å². The molecule has 2 aromatic rings. The summed E-state index contributed by atoms with van der Waals surface area (Å²) in [6.07, 6.45) is -4.66. The van der Waals surface area contributed by atoms with E-state index in [1.54, 1.807) is 0 Å². The molecule has 0 fully saturated rings. The van der Waals surface area contributed by atoms with E-state index in [-0.39, 0.29) is 22.8 Å². The van der Waals surface area contributed by atoms with Crippen LogP contribution in [0, 0.1) is 0 Å². The molecule has 1 amide bonds. The second-order valence-corrected chi connectivity index (χ2v) is 6.89. The lowest BCUT2D eigenvalue weighted by Crippen LogP contribution is -2.17. The summed E-state index contributed by atoms with van der Waals surface area (Å²) < 4.78 is 65.5. The van der Waals surface area contributed by atoms with Crippen molar-refractivity contribution in [3.63, 3.8) is 0 Å². The van der Waals surface area contributed by atoms with Gasteiger partial charge in [0.1, 0.15) is 5.75 Å². The van der Waals surface area contributed by atoms with Crippen molar-refractivity contribution in [1.29, 1.82) is 0 Å². The highest BCUT2D eigenvalue weighted by atomic mass is 32.2. The van der Waals surface area contributed by atoms with Crippen LogP contribution in [0.1, 0.15) is 11.1 Å². The zero-order chi connectivity index (χ0) is 19.5. The number of sulfonamides is 1. The highest BCUT2D eigenvalue weighted by Gasteiger charge is 2.30. The second-order valence-electron chi connectivity index (χ2n) is 5.33. The zero-order valence-corrected chi connectivity index (χ0v) is 14.3. The summed E-state index contributed by atoms with van der Waals surface area (Å²) in [7, 11) is -2.65. The van der Waals surface area contributed by atoms with Gasteiger partial charge in [-0.05, 0) is 35.9 Å². The van der Waals surface area contributed by atoms with Crippen LogP contribution < -0.4 is 15.2 Å². The van der Waals surface area contributed by atoms with Crippen LogP contribution in [0.3, 0.4) is 0 Å². The third kappa shape index (κ3) is 4.96. The topological polar surface area (TPSA) is 98.5 Å². The minimum atomic E-state index is -4.46. The van der Waals surface area contributed by atoms with E-state index in [4.69, 9.17) is 9.88 Å². The lowest BCUT2D eigenvalue weighted by atomic mass is 10.1. The first-order valence-electron chi connectivity index (χ1n) is 7.17. The fourth-order valence-corrected chi connectivity index (χ4v) is 2.69. The molecule has 2 aromatic carbocycles. The molecular formula is C16H15F3N2O4S. The number of rotatable bonds is 5. The van der Waals surface area contributed by atoms with E-state index in [1.807, 2.05) is 0 Å². The number of hydrogen-bond donors (Lipinski definition) is 2. The van der Waals surface area contributed by atoms with Gasteiger partial charge in [-0.25, -0.2) is 13.6 Å². The molecule has 0 bridgehead atoms. The molecule has 0 aromatic heterocycles. The summed E-state index contributed by atoms with van der Waals surface area (Å²) in [5.74, 6) is -0.354. The molecule has 0 spiro atoms. The third-order valence-corrected chi connectivity index (χ3v) is 4.33. The Morgan fingerprint density at radius 1 is 1.15 bits per heavy atom. The molecule has 10 heteroatoms. The fourth-order valence-electron chi connectivity index (χ4n) is 2.15. The second kappa shape index (κ2) is 7.34. The van der Waals surface area contributed by atoms with E-state index < -0.39 is 27.7 Å². The van der Waals surface area contributed by atoms with Crippen molar-refractivity contribution in [2.45, 2.75) is 17.5 Å². The third-order valence-electron chi connectivity index (χ3n) is 3.42. The van der Waals surface area contributed by atoms with Gasteiger partial charge in [-0.15, -0.1) is 0 Å². The Morgan fingerprint density at radius 2 is 1.77 bits per heavy atom. The molecular weight excluding hydrogens is 373 g/mol. The molecule has 0 atom stereocenters. The predicted molar refractivity (Wildman–Crippen MR) is 88.1 cm³/mol. The van der Waals surface area contributed by atoms with Gasteiger partial charge in [-0.3, -0.25) is 4.79 Å². The number of carbonyl (C=O) groups is 1. The monoisotopic (exact) mass is 388 g/mol. The van der Waals surface area contributed by atoms with E-state index >= 15 is 0 Å². The summed E-state index contributed by atoms with van der Waals surface area (Å²) in [6.45, 7) is 0. The molecule has 2 rings (SSSR count). The van der Waals surface area contributed by atoms with E-state index in [2.05, 4.69) is 5.32 Å². The Hall–Kier alpha value is -2.59. The van der Waals surface area contributed by atoms with Crippen LogP contribution in [0.25, 0.3) is 0 Å². The summed E-state index contributed by atoms with van der Waals surface area (Å²) in [5.41, 5.74) is -0.378. The van der Waals surface area contributed by atoms with Crippen molar-refractivity contribution in [2.75, 3.05) is 12.4 Å². The maximum Gasteiger partial charge on any atom is 0.416 e. The van der Waals surface area contributed by atoms with Gasteiger partial charge in [0.05, 0.1) is 29.7 Å². The van der Waals surface area contributed by atoms with Gasteiger partial charge < -0.3 is 10.1 Å². The molecule has 0 saturated carbocycles. The molecule has 0 heterocycles. The number of primary sulfonamides is 1. The molecule has 0 unspecified atom stereocenters. The number of halogens is 3. The minimum absolute atomic E-state index is 0.0796. The molecule has 0 aliphatic rings. The molecule has 0 saturated heterocycles. The number of methoxy groups -OCH3 is 1. The molecule has 6 nitrogen and oxygen atoms in total. The van der Waals surface area contributed by atoms with Crippen LogP contribution in [0.15, 0.2) is 47.4 Å². The standard InChI is InChI=1S/C16H15F3N2O4S/c1-25-14-7-6-12(26(20,23)24)9-13(14)21-15(22)8-10-2-4-11(5-3-10)16(17,18)19/h2-7,9H,8H2,1H3,(H,21,22)(H2,20,23,24). The smallest absolute Gasteiger partial charge is 0.416 e. The highest BCUT2D eigenvalue weighted by molar-refractivity contribution is 7.89. The van der Waals surface area contributed by atoms with Gasteiger partial charge in [0.15, 0.2) is 0 Å². The highest BCUT2D eigenvalue weighted by Crippen LogP contribution is 2.29. The molecule has 26 heavy (non-hydrogen) atoms. The number of ether oxygens (including phenoxy) is 1. The minimum Gasteiger partial charge on any atom is -0.495 e.